The van der Waals surface area contributed by atoms with Crippen molar-refractivity contribution in [1.29, 1.82) is 0 Å². The lowest BCUT2D eigenvalue weighted by Gasteiger charge is -2.33. The van der Waals surface area contributed by atoms with Gasteiger partial charge in [0.25, 0.3) is 0 Å². The van der Waals surface area contributed by atoms with Gasteiger partial charge in [-0.2, -0.15) is 0 Å². The molecule has 0 saturated carbocycles. The van der Waals surface area contributed by atoms with Gasteiger partial charge in [0.05, 0.1) is 8.07 Å². The second-order valence-corrected chi connectivity index (χ2v) is 13.8. The van der Waals surface area contributed by atoms with E-state index in [0.29, 0.717) is 0 Å². The zero-order valence-electron chi connectivity index (χ0n) is 17.8. The first-order valence-electron chi connectivity index (χ1n) is 11.4. The monoisotopic (exact) mass is 438 g/mol. The summed E-state index contributed by atoms with van der Waals surface area (Å²) in [5.74, 6) is 0. The molecule has 0 aliphatic heterocycles. The summed E-state index contributed by atoms with van der Waals surface area (Å²) < 4.78 is 1.23. The Labute approximate surface area is 173 Å². The summed E-state index contributed by atoms with van der Waals surface area (Å²) in [6.45, 7) is 6.98. The fourth-order valence-corrected chi connectivity index (χ4v) is 9.82. The van der Waals surface area contributed by atoms with E-state index in [1.165, 1.54) is 99.7 Å². The Morgan fingerprint density at radius 3 is 1.31 bits per heavy atom. The minimum absolute atomic E-state index is 1.23. The molecule has 0 N–H and O–H groups in total. The van der Waals surface area contributed by atoms with Gasteiger partial charge in [0.1, 0.15) is 0 Å². The van der Waals surface area contributed by atoms with Crippen LogP contribution in [0.1, 0.15) is 97.8 Å². The second kappa shape index (κ2) is 14.9. The molecule has 0 heterocycles. The molecule has 0 spiro atoms. The first kappa shape index (κ1) is 24.0. The molecule has 150 valence electrons. The number of unbranched alkanes of at least 4 members (excludes halogenated alkanes) is 9. The van der Waals surface area contributed by atoms with E-state index in [9.17, 15) is 0 Å². The van der Waals surface area contributed by atoms with Gasteiger partial charge in [-0.25, -0.2) is 0 Å². The van der Waals surface area contributed by atoms with Crippen LogP contribution < -0.4 is 5.19 Å². The van der Waals surface area contributed by atoms with E-state index in [0.717, 1.165) is 0 Å². The van der Waals surface area contributed by atoms with Crippen LogP contribution in [0.4, 0.5) is 0 Å². The SMILES string of the molecule is CCCCCC[Si](CCCCCC)(CCCCCC)c1ccc(Br)cc1. The van der Waals surface area contributed by atoms with Crippen LogP contribution in [0.2, 0.25) is 18.1 Å². The zero-order valence-corrected chi connectivity index (χ0v) is 20.4. The van der Waals surface area contributed by atoms with Gasteiger partial charge < -0.3 is 0 Å². The van der Waals surface area contributed by atoms with Gasteiger partial charge >= 0.3 is 0 Å². The summed E-state index contributed by atoms with van der Waals surface area (Å²) in [6.07, 6.45) is 17.0. The minimum atomic E-state index is -1.37. The van der Waals surface area contributed by atoms with Gasteiger partial charge in [0.15, 0.2) is 0 Å². The molecule has 26 heavy (non-hydrogen) atoms. The van der Waals surface area contributed by atoms with Gasteiger partial charge in [-0.1, -0.05) is 149 Å². The molecule has 0 aromatic heterocycles. The van der Waals surface area contributed by atoms with Crippen molar-refractivity contribution in [3.8, 4) is 0 Å². The van der Waals surface area contributed by atoms with Crippen molar-refractivity contribution in [1.82, 2.24) is 0 Å². The van der Waals surface area contributed by atoms with E-state index < -0.39 is 8.07 Å². The zero-order chi connectivity index (χ0) is 19.1. The third-order valence-corrected chi connectivity index (χ3v) is 12.0. The fraction of sp³-hybridized carbons (Fsp3) is 0.750. The van der Waals surface area contributed by atoms with E-state index >= 15 is 0 Å². The Morgan fingerprint density at radius 2 is 0.962 bits per heavy atom. The van der Waals surface area contributed by atoms with Crippen LogP contribution in [0.5, 0.6) is 0 Å². The molecule has 0 aliphatic carbocycles. The summed E-state index contributed by atoms with van der Waals surface area (Å²) in [5.41, 5.74) is 0. The van der Waals surface area contributed by atoms with Crippen LogP contribution in [-0.2, 0) is 0 Å². The Hall–Kier alpha value is -0.0831. The molecule has 0 fully saturated rings. The van der Waals surface area contributed by atoms with Crippen molar-refractivity contribution in [2.45, 2.75) is 116 Å². The maximum Gasteiger partial charge on any atom is 0.0867 e. The van der Waals surface area contributed by atoms with Gasteiger partial charge in [0.2, 0.25) is 0 Å². The summed E-state index contributed by atoms with van der Waals surface area (Å²) >= 11 is 3.65. The lowest BCUT2D eigenvalue weighted by Crippen LogP contribution is -2.47. The summed E-state index contributed by atoms with van der Waals surface area (Å²) in [5, 5.41) is 1.74. The predicted molar refractivity (Wildman–Crippen MR) is 126 cm³/mol. The van der Waals surface area contributed by atoms with Gasteiger partial charge in [0, 0.05) is 4.47 Å². The normalized spacial score (nSPS) is 11.8. The smallest absolute Gasteiger partial charge is 0.0654 e. The quantitative estimate of drug-likeness (QED) is 0.178. The maximum absolute atomic E-state index is 3.65. The number of hydrogen-bond acceptors (Lipinski definition) is 0. The number of hydrogen-bond donors (Lipinski definition) is 0. The lowest BCUT2D eigenvalue weighted by molar-refractivity contribution is 0.668. The molecule has 0 bridgehead atoms. The highest BCUT2D eigenvalue weighted by Gasteiger charge is 2.33. The van der Waals surface area contributed by atoms with E-state index in [2.05, 4.69) is 61.0 Å². The van der Waals surface area contributed by atoms with E-state index in [-0.39, 0.29) is 0 Å². The van der Waals surface area contributed by atoms with Crippen LogP contribution in [0.3, 0.4) is 0 Å². The van der Waals surface area contributed by atoms with Crippen LogP contribution in [0, 0.1) is 0 Å². The summed E-state index contributed by atoms with van der Waals surface area (Å²) in [4.78, 5) is 0. The van der Waals surface area contributed by atoms with Crippen molar-refractivity contribution in [3.05, 3.63) is 28.7 Å². The molecule has 2 heteroatoms. The fourth-order valence-electron chi connectivity index (χ4n) is 4.28. The molecule has 0 saturated heterocycles. The van der Waals surface area contributed by atoms with Gasteiger partial charge in [-0.3, -0.25) is 0 Å². The largest absolute Gasteiger partial charge is 0.0867 e. The van der Waals surface area contributed by atoms with Crippen LogP contribution in [0.25, 0.3) is 0 Å². The molecular formula is C24H43BrSi. The number of rotatable bonds is 16. The Balaban J connectivity index is 2.89. The Morgan fingerprint density at radius 1 is 0.577 bits per heavy atom. The number of benzene rings is 1. The van der Waals surface area contributed by atoms with Crippen molar-refractivity contribution in [2.75, 3.05) is 0 Å². The van der Waals surface area contributed by atoms with Gasteiger partial charge in [-0.05, 0) is 12.1 Å². The minimum Gasteiger partial charge on any atom is -0.0654 e. The Bertz CT molecular complexity index is 409. The van der Waals surface area contributed by atoms with Crippen LogP contribution in [-0.4, -0.2) is 8.07 Å². The van der Waals surface area contributed by atoms with Crippen molar-refractivity contribution in [3.63, 3.8) is 0 Å². The molecular weight excluding hydrogens is 396 g/mol. The Kier molecular flexibility index (Phi) is 13.7. The average molecular weight is 440 g/mol. The summed E-state index contributed by atoms with van der Waals surface area (Å²) in [6, 6.07) is 14.1. The van der Waals surface area contributed by atoms with Crippen molar-refractivity contribution < 1.29 is 0 Å². The van der Waals surface area contributed by atoms with Gasteiger partial charge in [-0.15, -0.1) is 0 Å². The molecule has 0 unspecified atom stereocenters. The lowest BCUT2D eigenvalue weighted by atomic mass is 10.2. The van der Waals surface area contributed by atoms with E-state index in [1.807, 2.05) is 0 Å². The molecule has 0 atom stereocenters. The van der Waals surface area contributed by atoms with Crippen LogP contribution in [0.15, 0.2) is 28.7 Å². The van der Waals surface area contributed by atoms with E-state index in [1.54, 1.807) is 5.19 Å². The second-order valence-electron chi connectivity index (χ2n) is 8.22. The molecule has 0 radical (unpaired) electrons. The molecule has 0 amide bonds. The summed E-state index contributed by atoms with van der Waals surface area (Å²) in [7, 11) is -1.37. The van der Waals surface area contributed by atoms with E-state index in [4.69, 9.17) is 0 Å². The third kappa shape index (κ3) is 9.22. The predicted octanol–water partition coefficient (Wildman–Crippen LogP) is 8.85. The highest BCUT2D eigenvalue weighted by Crippen LogP contribution is 2.30. The standard InChI is InChI=1S/C24H43BrSi/c1-4-7-10-13-20-26(21-14-11-8-5-2,22-15-12-9-6-3)24-18-16-23(25)17-19-24/h16-19H,4-15,20-22H2,1-3H3. The average Bonchev–Trinajstić information content (AvgIpc) is 2.66. The highest BCUT2D eigenvalue weighted by molar-refractivity contribution is 9.10. The van der Waals surface area contributed by atoms with Crippen LogP contribution >= 0.6 is 15.9 Å². The highest BCUT2D eigenvalue weighted by atomic mass is 79.9. The van der Waals surface area contributed by atoms with Crippen molar-refractivity contribution >= 4 is 29.2 Å². The molecule has 1 aromatic carbocycles. The third-order valence-electron chi connectivity index (χ3n) is 5.98. The molecule has 1 rings (SSSR count). The topological polar surface area (TPSA) is 0 Å². The molecule has 0 nitrogen and oxygen atoms in total. The van der Waals surface area contributed by atoms with Crippen molar-refractivity contribution in [2.24, 2.45) is 0 Å². The first-order valence-corrected chi connectivity index (χ1v) is 14.9. The maximum atomic E-state index is 3.65. The first-order chi connectivity index (χ1) is 12.7. The molecule has 1 aromatic rings. The molecule has 0 aliphatic rings. The number of halogens is 1.